The second-order valence-corrected chi connectivity index (χ2v) is 8.55. The summed E-state index contributed by atoms with van der Waals surface area (Å²) in [5.41, 5.74) is 9.80. The fraction of sp³-hybridized carbons (Fsp3) is 0.320. The number of primary amides is 1. The van der Waals surface area contributed by atoms with Crippen LogP contribution in [0.15, 0.2) is 54.6 Å². The molecule has 3 heterocycles. The Hall–Kier alpha value is -3.29. The van der Waals surface area contributed by atoms with Gasteiger partial charge in [-0.25, -0.2) is 9.97 Å². The van der Waals surface area contributed by atoms with Gasteiger partial charge in [-0.3, -0.25) is 9.69 Å². The Kier molecular flexibility index (Phi) is 5.36. The zero-order valence-electron chi connectivity index (χ0n) is 18.4. The van der Waals surface area contributed by atoms with E-state index in [4.69, 9.17) is 20.4 Å². The van der Waals surface area contributed by atoms with Crippen molar-refractivity contribution >= 4 is 27.8 Å². The van der Waals surface area contributed by atoms with Crippen LogP contribution in [0.3, 0.4) is 0 Å². The van der Waals surface area contributed by atoms with E-state index in [1.165, 1.54) is 0 Å². The van der Waals surface area contributed by atoms with E-state index in [1.807, 2.05) is 30.3 Å². The molecule has 0 aliphatic carbocycles. The number of ether oxygens (including phenoxy) is 1. The van der Waals surface area contributed by atoms with Gasteiger partial charge >= 0.3 is 0 Å². The number of nitrogens with two attached hydrogens (primary N) is 1. The fourth-order valence-corrected chi connectivity index (χ4v) is 4.57. The number of aromatic nitrogens is 3. The molecule has 1 fully saturated rings. The molecule has 2 N–H and O–H groups in total. The summed E-state index contributed by atoms with van der Waals surface area (Å²) >= 11 is 0. The molecule has 164 valence electrons. The third-order valence-corrected chi connectivity index (χ3v) is 6.03. The number of pyridine rings is 1. The van der Waals surface area contributed by atoms with Gasteiger partial charge in [0.1, 0.15) is 11.9 Å². The molecule has 1 saturated heterocycles. The summed E-state index contributed by atoms with van der Waals surface area (Å²) in [5.74, 6) is 0.592. The van der Waals surface area contributed by atoms with Crippen molar-refractivity contribution in [3.63, 3.8) is 0 Å². The van der Waals surface area contributed by atoms with Gasteiger partial charge in [-0.05, 0) is 38.1 Å². The van der Waals surface area contributed by atoms with Crippen LogP contribution in [0.4, 0.5) is 0 Å². The average Bonchev–Trinajstić information content (AvgIpc) is 3.16. The van der Waals surface area contributed by atoms with E-state index in [1.54, 1.807) is 6.07 Å². The standard InChI is InChI=1S/C25H27N5O2/c1-16(2)30-22-10-6-5-9-20(22)28-24(30)15-29-11-12-32-23(14-29)21-13-18(25(26)31)17-7-3-4-8-19(17)27-21/h3-10,13,16,23H,11-12,14-15H2,1-2H3,(H2,26,31). The first-order chi connectivity index (χ1) is 15.5. The van der Waals surface area contributed by atoms with Crippen LogP contribution >= 0.6 is 0 Å². The highest BCUT2D eigenvalue weighted by molar-refractivity contribution is 6.05. The monoisotopic (exact) mass is 429 g/mol. The van der Waals surface area contributed by atoms with E-state index in [9.17, 15) is 4.79 Å². The van der Waals surface area contributed by atoms with E-state index in [-0.39, 0.29) is 6.10 Å². The fourth-order valence-electron chi connectivity index (χ4n) is 4.57. The molecular formula is C25H27N5O2. The lowest BCUT2D eigenvalue weighted by atomic mass is 10.0. The van der Waals surface area contributed by atoms with Crippen LogP contribution in [0, 0.1) is 0 Å². The minimum atomic E-state index is -0.455. The van der Waals surface area contributed by atoms with Gasteiger partial charge in [-0.1, -0.05) is 30.3 Å². The van der Waals surface area contributed by atoms with Crippen molar-refractivity contribution in [1.82, 2.24) is 19.4 Å². The topological polar surface area (TPSA) is 86.3 Å². The lowest BCUT2D eigenvalue weighted by Gasteiger charge is -2.33. The number of nitrogens with zero attached hydrogens (tertiary/aromatic N) is 4. The molecular weight excluding hydrogens is 402 g/mol. The van der Waals surface area contributed by atoms with Gasteiger partial charge < -0.3 is 15.0 Å². The maximum absolute atomic E-state index is 12.1. The maximum atomic E-state index is 12.1. The summed E-state index contributed by atoms with van der Waals surface area (Å²) < 4.78 is 8.37. The predicted molar refractivity (Wildman–Crippen MR) is 124 cm³/mol. The first kappa shape index (κ1) is 20.6. The van der Waals surface area contributed by atoms with Crippen LogP contribution in [0.5, 0.6) is 0 Å². The van der Waals surface area contributed by atoms with Gasteiger partial charge in [0, 0.05) is 24.5 Å². The number of carbonyl (C=O) groups excluding carboxylic acids is 1. The number of benzene rings is 2. The van der Waals surface area contributed by atoms with Crippen molar-refractivity contribution in [3.05, 3.63) is 71.7 Å². The highest BCUT2D eigenvalue weighted by atomic mass is 16.5. The minimum absolute atomic E-state index is 0.233. The largest absolute Gasteiger partial charge is 0.369 e. The third-order valence-electron chi connectivity index (χ3n) is 6.03. The van der Waals surface area contributed by atoms with Crippen LogP contribution in [-0.4, -0.2) is 45.0 Å². The van der Waals surface area contributed by atoms with Gasteiger partial charge in [0.05, 0.1) is 41.0 Å². The molecule has 2 aromatic carbocycles. The molecule has 1 aliphatic heterocycles. The van der Waals surface area contributed by atoms with Crippen molar-refractivity contribution < 1.29 is 9.53 Å². The van der Waals surface area contributed by atoms with Crippen molar-refractivity contribution in [2.75, 3.05) is 19.7 Å². The number of carbonyl (C=O) groups is 1. The van der Waals surface area contributed by atoms with Crippen LogP contribution in [0.25, 0.3) is 21.9 Å². The smallest absolute Gasteiger partial charge is 0.249 e. The Labute approximate surface area is 186 Å². The van der Waals surface area contributed by atoms with Gasteiger partial charge in [0.15, 0.2) is 0 Å². The van der Waals surface area contributed by atoms with Crippen molar-refractivity contribution in [3.8, 4) is 0 Å². The van der Waals surface area contributed by atoms with Crippen LogP contribution in [-0.2, 0) is 11.3 Å². The highest BCUT2D eigenvalue weighted by Crippen LogP contribution is 2.28. The molecule has 1 aliphatic rings. The highest BCUT2D eigenvalue weighted by Gasteiger charge is 2.26. The summed E-state index contributed by atoms with van der Waals surface area (Å²) in [7, 11) is 0. The molecule has 0 spiro atoms. The second-order valence-electron chi connectivity index (χ2n) is 8.55. The Balaban J connectivity index is 1.44. The minimum Gasteiger partial charge on any atom is -0.369 e. The van der Waals surface area contributed by atoms with Crippen molar-refractivity contribution in [1.29, 1.82) is 0 Å². The van der Waals surface area contributed by atoms with Crippen molar-refractivity contribution in [2.24, 2.45) is 5.73 Å². The Bertz CT molecular complexity index is 1300. The Morgan fingerprint density at radius 1 is 1.12 bits per heavy atom. The van der Waals surface area contributed by atoms with Gasteiger partial charge in [0.2, 0.25) is 5.91 Å². The van der Waals surface area contributed by atoms with E-state index < -0.39 is 5.91 Å². The maximum Gasteiger partial charge on any atom is 0.249 e. The molecule has 0 saturated carbocycles. The summed E-state index contributed by atoms with van der Waals surface area (Å²) in [5, 5.41) is 0.766. The van der Waals surface area contributed by atoms with Crippen molar-refractivity contribution in [2.45, 2.75) is 32.5 Å². The molecule has 32 heavy (non-hydrogen) atoms. The Morgan fingerprint density at radius 3 is 2.66 bits per heavy atom. The number of para-hydroxylation sites is 3. The third kappa shape index (κ3) is 3.74. The number of fused-ring (bicyclic) bond motifs is 2. The van der Waals surface area contributed by atoms with E-state index in [2.05, 4.69) is 41.5 Å². The molecule has 0 radical (unpaired) electrons. The van der Waals surface area contributed by atoms with E-state index in [0.29, 0.717) is 24.8 Å². The molecule has 7 heteroatoms. The average molecular weight is 430 g/mol. The number of hydrogen-bond donors (Lipinski definition) is 1. The summed E-state index contributed by atoms with van der Waals surface area (Å²) in [6, 6.07) is 17.9. The number of imidazole rings is 1. The molecule has 1 amide bonds. The predicted octanol–water partition coefficient (Wildman–Crippen LogP) is 3.84. The zero-order chi connectivity index (χ0) is 22.2. The molecule has 1 atom stereocenters. The molecule has 4 aromatic rings. The van der Waals surface area contributed by atoms with Crippen LogP contribution < -0.4 is 5.73 Å². The number of morpholine rings is 1. The summed E-state index contributed by atoms with van der Waals surface area (Å²) in [6.07, 6.45) is -0.233. The first-order valence-corrected chi connectivity index (χ1v) is 11.0. The summed E-state index contributed by atoms with van der Waals surface area (Å²) in [4.78, 5) is 24.1. The molecule has 1 unspecified atom stereocenters. The van der Waals surface area contributed by atoms with Crippen LogP contribution in [0.2, 0.25) is 0 Å². The number of hydrogen-bond acceptors (Lipinski definition) is 5. The number of rotatable bonds is 5. The lowest BCUT2D eigenvalue weighted by molar-refractivity contribution is -0.0358. The Morgan fingerprint density at radius 2 is 1.88 bits per heavy atom. The summed E-state index contributed by atoms with van der Waals surface area (Å²) in [6.45, 7) is 7.17. The normalized spacial score (nSPS) is 17.4. The van der Waals surface area contributed by atoms with E-state index >= 15 is 0 Å². The van der Waals surface area contributed by atoms with Gasteiger partial charge in [0.25, 0.3) is 0 Å². The van der Waals surface area contributed by atoms with Gasteiger partial charge in [-0.2, -0.15) is 0 Å². The second kappa shape index (κ2) is 8.33. The molecule has 2 aromatic heterocycles. The lowest BCUT2D eigenvalue weighted by Crippen LogP contribution is -2.39. The SMILES string of the molecule is CC(C)n1c(CN2CCOC(c3cc(C(N)=O)c4ccccc4n3)C2)nc2ccccc21. The quantitative estimate of drug-likeness (QED) is 0.521. The van der Waals surface area contributed by atoms with Crippen LogP contribution in [0.1, 0.15) is 47.9 Å². The van der Waals surface area contributed by atoms with Gasteiger partial charge in [-0.15, -0.1) is 0 Å². The first-order valence-electron chi connectivity index (χ1n) is 11.0. The molecule has 5 rings (SSSR count). The molecule has 7 nitrogen and oxygen atoms in total. The van der Waals surface area contributed by atoms with E-state index in [0.717, 1.165) is 46.5 Å². The zero-order valence-corrected chi connectivity index (χ0v) is 18.4. The molecule has 0 bridgehead atoms. The number of amides is 1.